The predicted molar refractivity (Wildman–Crippen MR) is 173 cm³/mol. The Morgan fingerprint density at radius 2 is 1.67 bits per heavy atom. The number of likely N-dealkylation sites (N-methyl/N-ethyl adjacent to an activating group) is 1. The van der Waals surface area contributed by atoms with Crippen LogP contribution in [0.3, 0.4) is 0 Å². The van der Waals surface area contributed by atoms with Crippen LogP contribution >= 0.6 is 0 Å². The molecule has 6 rings (SSSR count). The average Bonchev–Trinajstić information content (AvgIpc) is 3.55. The van der Waals surface area contributed by atoms with Crippen LogP contribution in [0.2, 0.25) is 0 Å². The minimum absolute atomic E-state index is 0.136. The zero-order valence-electron chi connectivity index (χ0n) is 27.2. The van der Waals surface area contributed by atoms with E-state index in [9.17, 15) is 9.59 Å². The van der Waals surface area contributed by atoms with E-state index in [2.05, 4.69) is 48.1 Å². The summed E-state index contributed by atoms with van der Waals surface area (Å²) >= 11 is 0. The van der Waals surface area contributed by atoms with Gasteiger partial charge in [-0.15, -0.1) is 5.92 Å². The molecule has 5 atom stereocenters. The van der Waals surface area contributed by atoms with Gasteiger partial charge >= 0.3 is 5.97 Å². The number of hydrogen-bond donors (Lipinski definition) is 1. The van der Waals surface area contributed by atoms with Gasteiger partial charge in [0.1, 0.15) is 12.2 Å². The normalized spacial score (nSPS) is 29.1. The van der Waals surface area contributed by atoms with Gasteiger partial charge in [-0.2, -0.15) is 0 Å². The Balaban J connectivity index is 1.01. The van der Waals surface area contributed by atoms with E-state index in [1.807, 2.05) is 13.0 Å². The third-order valence-electron chi connectivity index (χ3n) is 10.6. The van der Waals surface area contributed by atoms with Gasteiger partial charge in [-0.1, -0.05) is 23.6 Å². The molecule has 0 amide bonds. The lowest BCUT2D eigenvalue weighted by Gasteiger charge is -2.46. The molecule has 4 aliphatic carbocycles. The summed E-state index contributed by atoms with van der Waals surface area (Å²) in [6, 6.07) is 9.04. The van der Waals surface area contributed by atoms with Crippen molar-refractivity contribution in [2.24, 2.45) is 11.8 Å². The molecule has 248 valence electrons. The first kappa shape index (κ1) is 32.9. The maximum Gasteiger partial charge on any atom is 0.329 e. The van der Waals surface area contributed by atoms with Crippen molar-refractivity contribution in [1.82, 2.24) is 0 Å². The van der Waals surface area contributed by atoms with E-state index in [0.717, 1.165) is 44.3 Å². The quantitative estimate of drug-likeness (QED) is 0.158. The summed E-state index contributed by atoms with van der Waals surface area (Å²) in [5, 5.41) is 8.52. The highest BCUT2D eigenvalue weighted by molar-refractivity contribution is 5.93. The van der Waals surface area contributed by atoms with Crippen molar-refractivity contribution in [3.8, 4) is 11.8 Å². The number of benzene rings is 1. The molecule has 1 aromatic rings. The van der Waals surface area contributed by atoms with Crippen molar-refractivity contribution in [2.45, 2.75) is 69.0 Å². The molecule has 9 heteroatoms. The summed E-state index contributed by atoms with van der Waals surface area (Å²) in [7, 11) is 2.09. The molecule has 3 fully saturated rings. The van der Waals surface area contributed by atoms with Crippen LogP contribution in [0.5, 0.6) is 0 Å². The van der Waals surface area contributed by atoms with E-state index in [1.165, 1.54) is 23.1 Å². The van der Waals surface area contributed by atoms with Gasteiger partial charge in [-0.3, -0.25) is 4.79 Å². The molecule has 46 heavy (non-hydrogen) atoms. The van der Waals surface area contributed by atoms with E-state index in [1.54, 1.807) is 5.57 Å². The van der Waals surface area contributed by atoms with E-state index in [-0.39, 0.29) is 36.1 Å². The van der Waals surface area contributed by atoms with Gasteiger partial charge in [0, 0.05) is 31.6 Å². The fourth-order valence-electron chi connectivity index (χ4n) is 8.51. The van der Waals surface area contributed by atoms with Crippen LogP contribution in [0.25, 0.3) is 0 Å². The van der Waals surface area contributed by atoms with Crippen molar-refractivity contribution in [1.29, 1.82) is 0 Å². The monoisotopic (exact) mass is 633 g/mol. The number of carbonyl (C=O) groups excluding carboxylic acids is 1. The first-order valence-electron chi connectivity index (χ1n) is 16.8. The maximum absolute atomic E-state index is 12.3. The number of anilines is 1. The third-order valence-corrected chi connectivity index (χ3v) is 10.6. The number of allylic oxidation sites excluding steroid dienone is 4. The van der Waals surface area contributed by atoms with Gasteiger partial charge in [0.05, 0.1) is 46.2 Å². The second-order valence-corrected chi connectivity index (χ2v) is 13.1. The molecule has 1 aliphatic heterocycles. The first-order chi connectivity index (χ1) is 22.4. The molecule has 1 N–H and O–H groups in total. The Morgan fingerprint density at radius 1 is 0.978 bits per heavy atom. The Morgan fingerprint density at radius 3 is 2.37 bits per heavy atom. The number of ketones is 1. The van der Waals surface area contributed by atoms with Gasteiger partial charge in [-0.05, 0) is 92.2 Å². The lowest BCUT2D eigenvalue weighted by atomic mass is 9.57. The Bertz CT molecular complexity index is 1410. The highest BCUT2D eigenvalue weighted by Crippen LogP contribution is 2.73. The predicted octanol–water partition coefficient (Wildman–Crippen LogP) is 4.70. The molecule has 0 unspecified atom stereocenters. The molecule has 0 aromatic heterocycles. The van der Waals surface area contributed by atoms with Crippen molar-refractivity contribution < 1.29 is 38.4 Å². The van der Waals surface area contributed by atoms with E-state index in [4.69, 9.17) is 28.8 Å². The van der Waals surface area contributed by atoms with Crippen LogP contribution in [-0.4, -0.2) is 94.5 Å². The van der Waals surface area contributed by atoms with E-state index in [0.29, 0.717) is 57.9 Å². The summed E-state index contributed by atoms with van der Waals surface area (Å²) in [4.78, 5) is 24.9. The van der Waals surface area contributed by atoms with Gasteiger partial charge in [0.2, 0.25) is 0 Å². The molecule has 0 radical (unpaired) electrons. The van der Waals surface area contributed by atoms with Crippen LogP contribution in [0.4, 0.5) is 5.69 Å². The standard InChI is InChI=1S/C37H47NO8/c1-3-13-36-14-12-33-31-10-6-27-23-29(39)9-11-30(27)35(31)32(24-37(33,36)46-36)26-4-7-28(8-5-26)38(2)15-16-42-17-18-43-19-20-44-21-22-45-25-34(40)41/h4-5,7-8,23,31-33H,6,9-12,14-22,24-25H2,1-2H3,(H,40,41)/t31-,32+,33-,36-,37+/m0/s1. The number of ether oxygens (including phenoxy) is 5. The van der Waals surface area contributed by atoms with Crippen LogP contribution in [-0.2, 0) is 33.3 Å². The van der Waals surface area contributed by atoms with Crippen molar-refractivity contribution in [2.75, 3.05) is 71.3 Å². The number of hydrogen-bond acceptors (Lipinski definition) is 8. The summed E-state index contributed by atoms with van der Waals surface area (Å²) in [5.41, 5.74) is 6.42. The Hall–Kier alpha value is -3.00. The summed E-state index contributed by atoms with van der Waals surface area (Å²) < 4.78 is 28.3. The Kier molecular flexibility index (Phi) is 10.3. The molecular formula is C37H47NO8. The molecule has 1 heterocycles. The SMILES string of the molecule is CC#C[C@]12CC[C@H]3[C@@H]4CCC5=CC(=O)CCC5=C4[C@@H](c4ccc(N(C)CCOCCOCCOCCOCC(=O)O)cc4)C[C@@]31O2. The minimum Gasteiger partial charge on any atom is -0.480 e. The minimum atomic E-state index is -0.987. The summed E-state index contributed by atoms with van der Waals surface area (Å²) in [6.07, 6.45) is 8.72. The van der Waals surface area contributed by atoms with Gasteiger partial charge < -0.3 is 33.7 Å². The number of epoxide rings is 1. The summed E-state index contributed by atoms with van der Waals surface area (Å²) in [6.45, 7) is 5.43. The number of aliphatic carboxylic acids is 1. The zero-order chi connectivity index (χ0) is 32.1. The van der Waals surface area contributed by atoms with Gasteiger partial charge in [-0.25, -0.2) is 4.79 Å². The molecule has 1 spiro atoms. The maximum atomic E-state index is 12.3. The molecule has 9 nitrogen and oxygen atoms in total. The highest BCUT2D eigenvalue weighted by atomic mass is 16.6. The molecule has 1 aromatic carbocycles. The van der Waals surface area contributed by atoms with Crippen LogP contribution < -0.4 is 4.90 Å². The van der Waals surface area contributed by atoms with Crippen LogP contribution in [0, 0.1) is 23.7 Å². The van der Waals surface area contributed by atoms with Crippen molar-refractivity contribution in [3.05, 3.63) is 52.6 Å². The second-order valence-electron chi connectivity index (χ2n) is 13.1. The number of rotatable bonds is 16. The highest BCUT2D eigenvalue weighted by Gasteiger charge is 2.79. The van der Waals surface area contributed by atoms with Gasteiger partial charge in [0.25, 0.3) is 0 Å². The third kappa shape index (κ3) is 6.69. The zero-order valence-corrected chi connectivity index (χ0v) is 27.2. The molecule has 5 aliphatic rings. The first-order valence-corrected chi connectivity index (χ1v) is 16.8. The van der Waals surface area contributed by atoms with Crippen molar-refractivity contribution in [3.63, 3.8) is 0 Å². The second kappa shape index (κ2) is 14.4. The average molecular weight is 634 g/mol. The Labute approximate surface area is 272 Å². The largest absolute Gasteiger partial charge is 0.480 e. The lowest BCUT2D eigenvalue weighted by molar-refractivity contribution is -0.142. The van der Waals surface area contributed by atoms with Crippen LogP contribution in [0.15, 0.2) is 47.1 Å². The number of nitrogens with zero attached hydrogens (tertiary/aromatic N) is 1. The summed E-state index contributed by atoms with van der Waals surface area (Å²) in [5.74, 6) is 7.27. The topological polar surface area (TPSA) is 107 Å². The lowest BCUT2D eigenvalue weighted by Crippen LogP contribution is -2.42. The number of carboxylic acid groups (broad SMARTS) is 1. The number of fused-ring (bicyclic) bond motifs is 3. The molecular weight excluding hydrogens is 586 g/mol. The fraction of sp³-hybridized carbons (Fsp3) is 0.622. The van der Waals surface area contributed by atoms with E-state index < -0.39 is 5.97 Å². The smallest absolute Gasteiger partial charge is 0.329 e. The number of carboxylic acids is 1. The number of carbonyl (C=O) groups is 2. The molecule has 1 saturated heterocycles. The van der Waals surface area contributed by atoms with E-state index >= 15 is 0 Å². The van der Waals surface area contributed by atoms with Gasteiger partial charge in [0.15, 0.2) is 11.4 Å². The fourth-order valence-corrected chi connectivity index (χ4v) is 8.51. The van der Waals surface area contributed by atoms with Crippen molar-refractivity contribution >= 4 is 17.4 Å². The molecule has 0 bridgehead atoms. The molecule has 2 saturated carbocycles. The van der Waals surface area contributed by atoms with Crippen LogP contribution in [0.1, 0.15) is 63.4 Å².